The molecule has 0 saturated carbocycles. The van der Waals surface area contributed by atoms with Crippen LogP contribution in [0, 0.1) is 11.3 Å². The number of hydrogen-bond acceptors (Lipinski definition) is 7. The number of aromatic nitrogens is 2. The summed E-state index contributed by atoms with van der Waals surface area (Å²) in [7, 11) is 0. The molecule has 2 fully saturated rings. The molecule has 5 rings (SSSR count). The molecule has 0 aliphatic carbocycles. The maximum absolute atomic E-state index is 12.9. The Morgan fingerprint density at radius 2 is 2.10 bits per heavy atom. The number of rotatable bonds is 3. The van der Waals surface area contributed by atoms with Gasteiger partial charge in [0.05, 0.1) is 24.5 Å². The van der Waals surface area contributed by atoms with Crippen LogP contribution in [0.1, 0.15) is 5.82 Å². The van der Waals surface area contributed by atoms with Crippen molar-refractivity contribution in [3.63, 3.8) is 0 Å². The van der Waals surface area contributed by atoms with Crippen molar-refractivity contribution in [2.45, 2.75) is 0 Å². The summed E-state index contributed by atoms with van der Waals surface area (Å²) in [5.74, 6) is 3.00. The predicted octanol–water partition coefficient (Wildman–Crippen LogP) is 1.09. The molecule has 148 valence electrons. The standard InChI is InChI=1S/C20H22N7OS/c21-13-18-22-4-3-19(23-18)24-5-7-26(8-6-24)27-10-1-2-17(27)12-16(14-27)20(28)25-9-11-29-15-25/h1-4,10,12H,5-9,11,14-15H2/q+1/t27-/m1/s1. The van der Waals surface area contributed by atoms with Gasteiger partial charge in [0.1, 0.15) is 24.6 Å². The van der Waals surface area contributed by atoms with E-state index in [1.807, 2.05) is 28.8 Å². The molecule has 0 spiro atoms. The van der Waals surface area contributed by atoms with Gasteiger partial charge >= 0.3 is 0 Å². The van der Waals surface area contributed by atoms with Crippen LogP contribution in [-0.4, -0.2) is 81.3 Å². The van der Waals surface area contributed by atoms with Gasteiger partial charge < -0.3 is 9.80 Å². The molecule has 1 aromatic rings. The Bertz CT molecular complexity index is 967. The van der Waals surface area contributed by atoms with Crippen molar-refractivity contribution in [1.29, 1.82) is 5.26 Å². The van der Waals surface area contributed by atoms with Crippen LogP contribution in [0.2, 0.25) is 0 Å². The number of hydrogen-bond donors (Lipinski definition) is 0. The number of quaternary nitrogens is 1. The molecule has 0 radical (unpaired) electrons. The molecule has 5 heterocycles. The molecule has 2 saturated heterocycles. The fourth-order valence-electron chi connectivity index (χ4n) is 4.41. The molecule has 0 bridgehead atoms. The van der Waals surface area contributed by atoms with Gasteiger partial charge in [-0.25, -0.2) is 9.97 Å². The summed E-state index contributed by atoms with van der Waals surface area (Å²) in [6.45, 7) is 4.86. The van der Waals surface area contributed by atoms with E-state index < -0.39 is 0 Å². The van der Waals surface area contributed by atoms with Crippen LogP contribution in [0.3, 0.4) is 0 Å². The first-order valence-corrected chi connectivity index (χ1v) is 10.9. The molecular formula is C20H22N7OS+. The zero-order valence-corrected chi connectivity index (χ0v) is 16.9. The Morgan fingerprint density at radius 1 is 1.24 bits per heavy atom. The lowest BCUT2D eigenvalue weighted by molar-refractivity contribution is -0.948. The summed E-state index contributed by atoms with van der Waals surface area (Å²) in [5, 5.41) is 11.5. The first-order chi connectivity index (χ1) is 14.2. The Labute approximate surface area is 174 Å². The molecule has 4 aliphatic heterocycles. The number of nitriles is 1. The molecule has 1 atom stereocenters. The van der Waals surface area contributed by atoms with Crippen LogP contribution < -0.4 is 4.90 Å². The average Bonchev–Trinajstić information content (AvgIpc) is 3.50. The number of nitrogens with zero attached hydrogens (tertiary/aromatic N) is 7. The molecule has 1 aromatic heterocycles. The second-order valence-corrected chi connectivity index (χ2v) is 8.56. The van der Waals surface area contributed by atoms with Gasteiger partial charge in [-0.3, -0.25) is 4.79 Å². The van der Waals surface area contributed by atoms with E-state index in [9.17, 15) is 4.79 Å². The third kappa shape index (κ3) is 3.13. The molecule has 9 heteroatoms. The summed E-state index contributed by atoms with van der Waals surface area (Å²) >= 11 is 1.82. The number of thioether (sulfide) groups is 1. The lowest BCUT2D eigenvalue weighted by Gasteiger charge is -2.44. The lowest BCUT2D eigenvalue weighted by atomic mass is 10.2. The molecule has 1 amide bonds. The van der Waals surface area contributed by atoms with Crippen LogP contribution in [-0.2, 0) is 4.79 Å². The van der Waals surface area contributed by atoms with Gasteiger partial charge in [0.15, 0.2) is 5.70 Å². The van der Waals surface area contributed by atoms with Gasteiger partial charge in [-0.1, -0.05) is 0 Å². The Kier molecular flexibility index (Phi) is 4.62. The number of carbonyl (C=O) groups excluding carboxylic acids is 1. The lowest BCUT2D eigenvalue weighted by Crippen LogP contribution is -2.60. The van der Waals surface area contributed by atoms with Crippen LogP contribution in [0.15, 0.2) is 48.0 Å². The number of allylic oxidation sites excluding steroid dienone is 3. The summed E-state index contributed by atoms with van der Waals surface area (Å²) in [4.78, 5) is 25.3. The minimum Gasteiger partial charge on any atom is -0.353 e. The number of fused-ring (bicyclic) bond motifs is 1. The number of amides is 1. The van der Waals surface area contributed by atoms with Gasteiger partial charge in [-0.2, -0.15) is 9.85 Å². The van der Waals surface area contributed by atoms with E-state index >= 15 is 0 Å². The Morgan fingerprint density at radius 3 is 2.86 bits per heavy atom. The van der Waals surface area contributed by atoms with Crippen molar-refractivity contribution in [2.75, 3.05) is 55.8 Å². The third-order valence-electron chi connectivity index (χ3n) is 5.92. The number of anilines is 1. The van der Waals surface area contributed by atoms with Crippen molar-refractivity contribution >= 4 is 23.5 Å². The predicted molar refractivity (Wildman–Crippen MR) is 110 cm³/mol. The molecule has 4 aliphatic rings. The van der Waals surface area contributed by atoms with Crippen LogP contribution in [0.25, 0.3) is 0 Å². The Balaban J connectivity index is 1.29. The highest BCUT2D eigenvalue weighted by Crippen LogP contribution is 2.38. The van der Waals surface area contributed by atoms with Gasteiger partial charge in [0.25, 0.3) is 5.91 Å². The van der Waals surface area contributed by atoms with Gasteiger partial charge in [-0.15, -0.1) is 16.8 Å². The van der Waals surface area contributed by atoms with Crippen molar-refractivity contribution < 1.29 is 9.39 Å². The number of carbonyl (C=O) groups is 1. The SMILES string of the molecule is N#Cc1nccc(N2CCN([N@@+]34C=CC=C3C=C(C(=O)N3CCSC3)C4)CC2)n1. The molecule has 0 unspecified atom stereocenters. The van der Waals surface area contributed by atoms with E-state index in [0.29, 0.717) is 11.1 Å². The first-order valence-electron chi connectivity index (χ1n) is 9.78. The molecule has 0 N–H and O–H groups in total. The van der Waals surface area contributed by atoms with E-state index in [-0.39, 0.29) is 11.7 Å². The quantitative estimate of drug-likeness (QED) is 0.693. The fraction of sp³-hybridized carbons (Fsp3) is 0.400. The first kappa shape index (κ1) is 18.4. The molecule has 29 heavy (non-hydrogen) atoms. The highest BCUT2D eigenvalue weighted by atomic mass is 32.2. The van der Waals surface area contributed by atoms with Crippen LogP contribution >= 0.6 is 11.8 Å². The summed E-state index contributed by atoms with van der Waals surface area (Å²) in [6, 6.07) is 3.86. The van der Waals surface area contributed by atoms with Gasteiger partial charge in [-0.05, 0) is 12.1 Å². The highest BCUT2D eigenvalue weighted by molar-refractivity contribution is 7.99. The minimum atomic E-state index is 0.180. The second-order valence-electron chi connectivity index (χ2n) is 7.48. The molecule has 8 nitrogen and oxygen atoms in total. The fourth-order valence-corrected chi connectivity index (χ4v) is 5.36. The van der Waals surface area contributed by atoms with E-state index in [4.69, 9.17) is 5.26 Å². The normalized spacial score (nSPS) is 26.3. The van der Waals surface area contributed by atoms with E-state index in [1.165, 1.54) is 5.70 Å². The maximum atomic E-state index is 12.9. The topological polar surface area (TPSA) is 76.4 Å². The highest BCUT2D eigenvalue weighted by Gasteiger charge is 2.47. The monoisotopic (exact) mass is 408 g/mol. The molecular weight excluding hydrogens is 386 g/mol. The summed E-state index contributed by atoms with van der Waals surface area (Å²) in [6.07, 6.45) is 10.1. The van der Waals surface area contributed by atoms with Crippen molar-refractivity contribution in [1.82, 2.24) is 19.9 Å². The summed E-state index contributed by atoms with van der Waals surface area (Å²) in [5.41, 5.74) is 2.07. The smallest absolute Gasteiger partial charge is 0.256 e. The zero-order chi connectivity index (χ0) is 19.8. The van der Waals surface area contributed by atoms with Crippen molar-refractivity contribution in [3.05, 3.63) is 53.8 Å². The minimum absolute atomic E-state index is 0.180. The number of piperazine rings is 1. The largest absolute Gasteiger partial charge is 0.353 e. The maximum Gasteiger partial charge on any atom is 0.256 e. The molecule has 0 aromatic carbocycles. The zero-order valence-electron chi connectivity index (χ0n) is 16.1. The third-order valence-corrected chi connectivity index (χ3v) is 6.89. The van der Waals surface area contributed by atoms with E-state index in [1.54, 1.807) is 6.20 Å². The van der Waals surface area contributed by atoms with E-state index in [2.05, 4.69) is 44.3 Å². The van der Waals surface area contributed by atoms with Crippen molar-refractivity contribution in [2.24, 2.45) is 0 Å². The second kappa shape index (κ2) is 7.30. The summed E-state index contributed by atoms with van der Waals surface area (Å²) < 4.78 is 0.614. The Hall–Kier alpha value is -2.67. The van der Waals surface area contributed by atoms with Gasteiger partial charge in [0.2, 0.25) is 5.82 Å². The van der Waals surface area contributed by atoms with Crippen LogP contribution in [0.4, 0.5) is 5.82 Å². The van der Waals surface area contributed by atoms with Crippen molar-refractivity contribution in [3.8, 4) is 6.07 Å². The van der Waals surface area contributed by atoms with E-state index in [0.717, 1.165) is 55.7 Å². The van der Waals surface area contributed by atoms with Crippen LogP contribution in [0.5, 0.6) is 0 Å². The van der Waals surface area contributed by atoms with Gasteiger partial charge in [0, 0.05) is 43.7 Å². The average molecular weight is 409 g/mol.